The fourth-order valence-electron chi connectivity index (χ4n) is 2.26. The summed E-state index contributed by atoms with van der Waals surface area (Å²) in [4.78, 5) is 23.7. The van der Waals surface area contributed by atoms with Gasteiger partial charge in [-0.3, -0.25) is 10.1 Å². The summed E-state index contributed by atoms with van der Waals surface area (Å²) in [5.41, 5.74) is 1.74. The molecule has 24 heavy (non-hydrogen) atoms. The molecule has 0 aliphatic rings. The van der Waals surface area contributed by atoms with Gasteiger partial charge in [0.1, 0.15) is 0 Å². The maximum Gasteiger partial charge on any atom is 0.325 e. The molecular formula is C18H20BrN3O2. The average Bonchev–Trinajstić information content (AvgIpc) is 2.57. The Hall–Kier alpha value is -2.18. The van der Waals surface area contributed by atoms with Crippen LogP contribution in [0.1, 0.15) is 24.9 Å². The summed E-state index contributed by atoms with van der Waals surface area (Å²) in [6.07, 6.45) is 0.838. The van der Waals surface area contributed by atoms with Crippen LogP contribution in [0, 0.1) is 0 Å². The zero-order valence-corrected chi connectivity index (χ0v) is 15.0. The summed E-state index contributed by atoms with van der Waals surface area (Å²) in [6, 6.07) is 16.4. The van der Waals surface area contributed by atoms with Crippen molar-refractivity contribution >= 4 is 33.6 Å². The van der Waals surface area contributed by atoms with Crippen LogP contribution in [-0.2, 0) is 4.79 Å². The molecule has 0 bridgehead atoms. The summed E-state index contributed by atoms with van der Waals surface area (Å²) in [5, 5.41) is 8.08. The van der Waals surface area contributed by atoms with Gasteiger partial charge in [-0.1, -0.05) is 53.2 Å². The van der Waals surface area contributed by atoms with Gasteiger partial charge in [0.15, 0.2) is 0 Å². The minimum atomic E-state index is -0.537. The lowest BCUT2D eigenvalue weighted by Crippen LogP contribution is -2.40. The number of rotatable bonds is 6. The predicted octanol–water partition coefficient (Wildman–Crippen LogP) is 3.84. The summed E-state index contributed by atoms with van der Waals surface area (Å²) < 4.78 is 1.01. The molecule has 0 saturated heterocycles. The molecule has 0 saturated carbocycles. The van der Waals surface area contributed by atoms with Crippen molar-refractivity contribution in [3.8, 4) is 0 Å². The molecule has 2 aromatic carbocycles. The average molecular weight is 390 g/mol. The second-order valence-electron chi connectivity index (χ2n) is 5.26. The largest absolute Gasteiger partial charge is 0.325 e. The third kappa shape index (κ3) is 5.79. The third-order valence-electron chi connectivity index (χ3n) is 3.47. The number of nitrogens with one attached hydrogen (secondary N) is 3. The number of imide groups is 1. The van der Waals surface area contributed by atoms with Crippen LogP contribution in [0.2, 0.25) is 0 Å². The minimum absolute atomic E-state index is 0.0565. The van der Waals surface area contributed by atoms with E-state index in [1.807, 2.05) is 49.4 Å². The van der Waals surface area contributed by atoms with E-state index in [-0.39, 0.29) is 18.5 Å². The number of hydrogen-bond donors (Lipinski definition) is 3. The lowest BCUT2D eigenvalue weighted by atomic mass is 10.0. The molecule has 2 rings (SSSR count). The van der Waals surface area contributed by atoms with E-state index in [9.17, 15) is 9.59 Å². The Kier molecular flexibility index (Phi) is 6.96. The van der Waals surface area contributed by atoms with Crippen molar-refractivity contribution in [2.24, 2.45) is 0 Å². The summed E-state index contributed by atoms with van der Waals surface area (Å²) >= 11 is 3.40. The van der Waals surface area contributed by atoms with Gasteiger partial charge >= 0.3 is 6.03 Å². The van der Waals surface area contributed by atoms with Crippen LogP contribution in [0.4, 0.5) is 10.5 Å². The maximum atomic E-state index is 11.9. The zero-order valence-electron chi connectivity index (χ0n) is 13.4. The van der Waals surface area contributed by atoms with Crippen molar-refractivity contribution in [1.29, 1.82) is 0 Å². The van der Waals surface area contributed by atoms with E-state index in [0.29, 0.717) is 5.69 Å². The molecule has 0 aliphatic heterocycles. The van der Waals surface area contributed by atoms with Gasteiger partial charge in [0.25, 0.3) is 0 Å². The van der Waals surface area contributed by atoms with Crippen LogP contribution in [0.3, 0.4) is 0 Å². The first-order valence-electron chi connectivity index (χ1n) is 7.73. The number of benzene rings is 2. The monoisotopic (exact) mass is 389 g/mol. The number of anilines is 1. The van der Waals surface area contributed by atoms with E-state index < -0.39 is 6.03 Å². The number of amides is 3. The molecule has 1 atom stereocenters. The maximum absolute atomic E-state index is 11.9. The van der Waals surface area contributed by atoms with E-state index in [1.54, 1.807) is 12.1 Å². The molecular weight excluding hydrogens is 370 g/mol. The quantitative estimate of drug-likeness (QED) is 0.702. The Morgan fingerprint density at radius 2 is 1.71 bits per heavy atom. The molecule has 0 fully saturated rings. The van der Waals surface area contributed by atoms with Crippen LogP contribution >= 0.6 is 15.9 Å². The summed E-state index contributed by atoms with van der Waals surface area (Å²) in [7, 11) is 0. The molecule has 0 aromatic heterocycles. The highest BCUT2D eigenvalue weighted by Gasteiger charge is 2.12. The van der Waals surface area contributed by atoms with Gasteiger partial charge in [0, 0.05) is 16.2 Å². The lowest BCUT2D eigenvalue weighted by Gasteiger charge is -2.17. The first-order chi connectivity index (χ1) is 11.6. The van der Waals surface area contributed by atoms with Gasteiger partial charge in [-0.25, -0.2) is 4.79 Å². The van der Waals surface area contributed by atoms with Crippen molar-refractivity contribution in [1.82, 2.24) is 10.6 Å². The van der Waals surface area contributed by atoms with Crippen molar-refractivity contribution in [2.75, 3.05) is 11.9 Å². The smallest absolute Gasteiger partial charge is 0.308 e. The highest BCUT2D eigenvalue weighted by molar-refractivity contribution is 9.10. The van der Waals surface area contributed by atoms with Gasteiger partial charge in [0.2, 0.25) is 5.91 Å². The van der Waals surface area contributed by atoms with Crippen LogP contribution in [-0.4, -0.2) is 18.5 Å². The molecule has 3 N–H and O–H groups in total. The Labute approximate surface area is 150 Å². The first-order valence-corrected chi connectivity index (χ1v) is 8.52. The molecule has 0 spiro atoms. The van der Waals surface area contributed by atoms with Crippen molar-refractivity contribution in [2.45, 2.75) is 19.4 Å². The number of urea groups is 1. The number of hydrogen-bond acceptors (Lipinski definition) is 3. The number of carbonyl (C=O) groups is 2. The van der Waals surface area contributed by atoms with Crippen LogP contribution in [0.5, 0.6) is 0 Å². The Bertz CT molecular complexity index is 674. The van der Waals surface area contributed by atoms with E-state index in [4.69, 9.17) is 0 Å². The van der Waals surface area contributed by atoms with Gasteiger partial charge in [-0.15, -0.1) is 0 Å². The molecule has 0 unspecified atom stereocenters. The molecule has 3 amide bonds. The molecule has 0 radical (unpaired) electrons. The van der Waals surface area contributed by atoms with Gasteiger partial charge in [-0.05, 0) is 36.2 Å². The van der Waals surface area contributed by atoms with Crippen LogP contribution in [0.25, 0.3) is 0 Å². The number of para-hydroxylation sites is 1. The molecule has 5 nitrogen and oxygen atoms in total. The van der Waals surface area contributed by atoms with E-state index in [2.05, 4.69) is 31.9 Å². The third-order valence-corrected chi connectivity index (χ3v) is 4.00. The zero-order chi connectivity index (χ0) is 17.4. The number of halogens is 1. The second kappa shape index (κ2) is 9.20. The topological polar surface area (TPSA) is 70.2 Å². The highest BCUT2D eigenvalue weighted by Crippen LogP contribution is 2.19. The summed E-state index contributed by atoms with van der Waals surface area (Å²) in [5.74, 6) is -0.376. The molecule has 126 valence electrons. The first kappa shape index (κ1) is 18.2. The standard InChI is InChI=1S/C18H20BrN3O2/c1-2-16(13-8-10-14(19)11-9-13)20-12-17(23)22-18(24)21-15-6-4-3-5-7-15/h3-11,16,20H,2,12H2,1H3,(H2,21,22,23,24)/t16-/m0/s1. The van der Waals surface area contributed by atoms with E-state index in [0.717, 1.165) is 16.5 Å². The second-order valence-corrected chi connectivity index (χ2v) is 6.18. The Morgan fingerprint density at radius 3 is 2.33 bits per heavy atom. The molecule has 0 aliphatic carbocycles. The van der Waals surface area contributed by atoms with E-state index >= 15 is 0 Å². The van der Waals surface area contributed by atoms with Gasteiger partial charge in [-0.2, -0.15) is 0 Å². The van der Waals surface area contributed by atoms with Crippen molar-refractivity contribution in [3.05, 3.63) is 64.6 Å². The van der Waals surface area contributed by atoms with Crippen molar-refractivity contribution < 1.29 is 9.59 Å². The normalized spacial score (nSPS) is 11.6. The molecule has 0 heterocycles. The van der Waals surface area contributed by atoms with E-state index in [1.165, 1.54) is 0 Å². The fraction of sp³-hybridized carbons (Fsp3) is 0.222. The SMILES string of the molecule is CC[C@H](NCC(=O)NC(=O)Nc1ccccc1)c1ccc(Br)cc1. The van der Waals surface area contributed by atoms with Crippen LogP contribution < -0.4 is 16.0 Å². The Balaban J connectivity index is 1.81. The van der Waals surface area contributed by atoms with Gasteiger partial charge in [0.05, 0.1) is 6.54 Å². The highest BCUT2D eigenvalue weighted by atomic mass is 79.9. The lowest BCUT2D eigenvalue weighted by molar-refractivity contribution is -0.119. The Morgan fingerprint density at radius 1 is 1.04 bits per heavy atom. The number of carbonyl (C=O) groups excluding carboxylic acids is 2. The predicted molar refractivity (Wildman–Crippen MR) is 98.8 cm³/mol. The van der Waals surface area contributed by atoms with Crippen LogP contribution in [0.15, 0.2) is 59.1 Å². The van der Waals surface area contributed by atoms with Crippen molar-refractivity contribution in [3.63, 3.8) is 0 Å². The molecule has 2 aromatic rings. The minimum Gasteiger partial charge on any atom is -0.308 e. The fourth-order valence-corrected chi connectivity index (χ4v) is 2.53. The summed E-state index contributed by atoms with van der Waals surface area (Å²) in [6.45, 7) is 2.11. The molecule has 6 heteroatoms. The van der Waals surface area contributed by atoms with Gasteiger partial charge < -0.3 is 10.6 Å².